The summed E-state index contributed by atoms with van der Waals surface area (Å²) in [5.74, 6) is -0.441. The first-order valence-corrected chi connectivity index (χ1v) is 9.55. The van der Waals surface area contributed by atoms with Gasteiger partial charge >= 0.3 is 5.97 Å². The van der Waals surface area contributed by atoms with E-state index in [1.54, 1.807) is 48.5 Å². The molecule has 0 saturated carbocycles. The van der Waals surface area contributed by atoms with Crippen molar-refractivity contribution in [1.82, 2.24) is 5.43 Å². The number of non-ortho nitro benzene ring substituents is 1. The van der Waals surface area contributed by atoms with Crippen molar-refractivity contribution in [3.63, 3.8) is 0 Å². The summed E-state index contributed by atoms with van der Waals surface area (Å²) in [6, 6.07) is 18.2. The minimum atomic E-state index is -0.535. The predicted molar refractivity (Wildman–Crippen MR) is 117 cm³/mol. The van der Waals surface area contributed by atoms with E-state index < -0.39 is 16.8 Å². The Morgan fingerprint density at radius 1 is 1.03 bits per heavy atom. The average molecular weight is 454 g/mol. The van der Waals surface area contributed by atoms with Gasteiger partial charge in [0.25, 0.3) is 11.6 Å². The average Bonchev–Trinajstić information content (AvgIpc) is 2.78. The maximum atomic E-state index is 12.2. The number of hydrogen-bond acceptors (Lipinski definition) is 7. The number of nitro groups is 1. The Kier molecular flexibility index (Phi) is 7.50. The number of hydrazone groups is 1. The van der Waals surface area contributed by atoms with Crippen molar-refractivity contribution in [3.8, 4) is 11.5 Å². The minimum absolute atomic E-state index is 0.0764. The van der Waals surface area contributed by atoms with Gasteiger partial charge < -0.3 is 9.47 Å². The summed E-state index contributed by atoms with van der Waals surface area (Å²) in [6.45, 7) is -0.326. The van der Waals surface area contributed by atoms with Crippen LogP contribution in [-0.4, -0.2) is 29.6 Å². The lowest BCUT2D eigenvalue weighted by molar-refractivity contribution is -0.384. The monoisotopic (exact) mass is 453 g/mol. The van der Waals surface area contributed by atoms with Gasteiger partial charge in [-0.1, -0.05) is 23.7 Å². The summed E-state index contributed by atoms with van der Waals surface area (Å²) >= 11 is 5.81. The molecule has 0 fully saturated rings. The van der Waals surface area contributed by atoms with Crippen LogP contribution in [0.25, 0.3) is 0 Å². The molecule has 0 aliphatic carbocycles. The molecule has 0 saturated heterocycles. The predicted octanol–water partition coefficient (Wildman–Crippen LogP) is 4.00. The molecule has 162 valence electrons. The van der Waals surface area contributed by atoms with Gasteiger partial charge in [0.05, 0.1) is 16.7 Å². The zero-order valence-electron chi connectivity index (χ0n) is 16.4. The van der Waals surface area contributed by atoms with Crippen LogP contribution in [0.2, 0.25) is 5.02 Å². The summed E-state index contributed by atoms with van der Waals surface area (Å²) in [4.78, 5) is 34.1. The molecule has 9 nitrogen and oxygen atoms in total. The van der Waals surface area contributed by atoms with E-state index in [1.807, 2.05) is 0 Å². The number of rotatable bonds is 8. The second-order valence-corrected chi connectivity index (χ2v) is 6.74. The van der Waals surface area contributed by atoms with Crippen molar-refractivity contribution in [2.24, 2.45) is 5.10 Å². The first-order valence-electron chi connectivity index (χ1n) is 9.18. The number of esters is 1. The Morgan fingerprint density at radius 3 is 2.44 bits per heavy atom. The molecule has 3 aromatic rings. The molecule has 0 atom stereocenters. The van der Waals surface area contributed by atoms with E-state index in [-0.39, 0.29) is 12.3 Å². The first kappa shape index (κ1) is 22.4. The van der Waals surface area contributed by atoms with Crippen molar-refractivity contribution in [2.45, 2.75) is 0 Å². The SMILES string of the molecule is O=C(COc1ccc([N+](=O)[O-])cc1)N/N=C/c1cccc(OC(=O)c2ccc(Cl)cc2)c1. The molecule has 3 rings (SSSR count). The van der Waals surface area contributed by atoms with Gasteiger partial charge in [-0.3, -0.25) is 14.9 Å². The number of carbonyl (C=O) groups is 2. The number of nitrogens with zero attached hydrogens (tertiary/aromatic N) is 2. The van der Waals surface area contributed by atoms with Gasteiger partial charge in [-0.25, -0.2) is 10.2 Å². The number of benzene rings is 3. The van der Waals surface area contributed by atoms with Crippen LogP contribution in [0.5, 0.6) is 11.5 Å². The Bertz CT molecular complexity index is 1150. The van der Waals surface area contributed by atoms with Crippen molar-refractivity contribution >= 4 is 35.4 Å². The van der Waals surface area contributed by atoms with E-state index in [0.717, 1.165) is 0 Å². The number of ether oxygens (including phenoxy) is 2. The summed E-state index contributed by atoms with van der Waals surface area (Å²) in [5.41, 5.74) is 3.16. The highest BCUT2D eigenvalue weighted by Gasteiger charge is 2.09. The highest BCUT2D eigenvalue weighted by Crippen LogP contribution is 2.17. The Balaban J connectivity index is 1.49. The van der Waals surface area contributed by atoms with Gasteiger partial charge in [-0.15, -0.1) is 0 Å². The molecule has 0 aliphatic heterocycles. The van der Waals surface area contributed by atoms with E-state index in [1.165, 1.54) is 30.5 Å². The fraction of sp³-hybridized carbons (Fsp3) is 0.0455. The summed E-state index contributed by atoms with van der Waals surface area (Å²) in [7, 11) is 0. The number of amides is 1. The van der Waals surface area contributed by atoms with Crippen molar-refractivity contribution < 1.29 is 24.0 Å². The van der Waals surface area contributed by atoms with E-state index in [4.69, 9.17) is 21.1 Å². The molecule has 0 radical (unpaired) electrons. The number of hydrogen-bond donors (Lipinski definition) is 1. The highest BCUT2D eigenvalue weighted by molar-refractivity contribution is 6.30. The topological polar surface area (TPSA) is 120 Å². The quantitative estimate of drug-likeness (QED) is 0.181. The lowest BCUT2D eigenvalue weighted by atomic mass is 10.2. The number of nitro benzene ring substituents is 1. The standard InChI is InChI=1S/C22H16ClN3O6/c23-17-6-4-16(5-7-17)22(28)32-20-3-1-2-15(12-20)13-24-25-21(27)14-31-19-10-8-18(9-11-19)26(29)30/h1-13H,14H2,(H,25,27)/b24-13+. The lowest BCUT2D eigenvalue weighted by Crippen LogP contribution is -2.24. The number of carbonyl (C=O) groups excluding carboxylic acids is 2. The van der Waals surface area contributed by atoms with E-state index in [0.29, 0.717) is 27.6 Å². The van der Waals surface area contributed by atoms with Crippen LogP contribution in [0.3, 0.4) is 0 Å². The fourth-order valence-electron chi connectivity index (χ4n) is 2.43. The Morgan fingerprint density at radius 2 is 1.75 bits per heavy atom. The lowest BCUT2D eigenvalue weighted by Gasteiger charge is -2.06. The second-order valence-electron chi connectivity index (χ2n) is 6.30. The molecule has 1 N–H and O–H groups in total. The third kappa shape index (κ3) is 6.64. The summed E-state index contributed by atoms with van der Waals surface area (Å²) < 4.78 is 10.6. The molecule has 0 unspecified atom stereocenters. The molecule has 0 aliphatic rings. The molecular formula is C22H16ClN3O6. The van der Waals surface area contributed by atoms with Gasteiger partial charge in [0, 0.05) is 17.2 Å². The molecule has 3 aromatic carbocycles. The third-order valence-electron chi connectivity index (χ3n) is 3.97. The minimum Gasteiger partial charge on any atom is -0.484 e. The third-order valence-corrected chi connectivity index (χ3v) is 4.22. The van der Waals surface area contributed by atoms with Gasteiger partial charge in [-0.2, -0.15) is 5.10 Å². The van der Waals surface area contributed by atoms with E-state index in [2.05, 4.69) is 10.5 Å². The van der Waals surface area contributed by atoms with Crippen LogP contribution < -0.4 is 14.9 Å². The van der Waals surface area contributed by atoms with Crippen LogP contribution in [0.1, 0.15) is 15.9 Å². The maximum absolute atomic E-state index is 12.2. The van der Waals surface area contributed by atoms with Crippen LogP contribution in [0.4, 0.5) is 5.69 Å². The van der Waals surface area contributed by atoms with Crippen molar-refractivity contribution in [3.05, 3.63) is 99.1 Å². The highest BCUT2D eigenvalue weighted by atomic mass is 35.5. The van der Waals surface area contributed by atoms with Crippen LogP contribution in [-0.2, 0) is 4.79 Å². The molecule has 1 amide bonds. The van der Waals surface area contributed by atoms with Crippen LogP contribution >= 0.6 is 11.6 Å². The smallest absolute Gasteiger partial charge is 0.343 e. The van der Waals surface area contributed by atoms with E-state index in [9.17, 15) is 19.7 Å². The van der Waals surface area contributed by atoms with Gasteiger partial charge in [0.2, 0.25) is 0 Å². The molecular weight excluding hydrogens is 438 g/mol. The van der Waals surface area contributed by atoms with Crippen molar-refractivity contribution in [2.75, 3.05) is 6.61 Å². The zero-order valence-corrected chi connectivity index (χ0v) is 17.2. The maximum Gasteiger partial charge on any atom is 0.343 e. The van der Waals surface area contributed by atoms with E-state index >= 15 is 0 Å². The molecule has 10 heteroatoms. The van der Waals surface area contributed by atoms with Gasteiger partial charge in [0.1, 0.15) is 11.5 Å². The fourth-order valence-corrected chi connectivity index (χ4v) is 2.56. The molecule has 32 heavy (non-hydrogen) atoms. The first-order chi connectivity index (χ1) is 15.4. The Labute approximate surface area is 187 Å². The molecule has 0 bridgehead atoms. The second kappa shape index (κ2) is 10.7. The zero-order chi connectivity index (χ0) is 22.9. The Hall–Kier alpha value is -4.24. The molecule has 0 spiro atoms. The number of nitrogens with one attached hydrogen (secondary N) is 1. The normalized spacial score (nSPS) is 10.5. The van der Waals surface area contributed by atoms with Crippen LogP contribution in [0.15, 0.2) is 77.9 Å². The largest absolute Gasteiger partial charge is 0.484 e. The number of halogens is 1. The summed E-state index contributed by atoms with van der Waals surface area (Å²) in [6.07, 6.45) is 1.38. The summed E-state index contributed by atoms with van der Waals surface area (Å²) in [5, 5.41) is 15.0. The van der Waals surface area contributed by atoms with Crippen molar-refractivity contribution in [1.29, 1.82) is 0 Å². The van der Waals surface area contributed by atoms with Gasteiger partial charge in [0.15, 0.2) is 6.61 Å². The van der Waals surface area contributed by atoms with Crippen LogP contribution in [0, 0.1) is 10.1 Å². The molecule has 0 aromatic heterocycles. The molecule has 0 heterocycles. The van der Waals surface area contributed by atoms with Gasteiger partial charge in [-0.05, 0) is 54.1 Å².